The van der Waals surface area contributed by atoms with Crippen molar-refractivity contribution in [1.29, 1.82) is 0 Å². The number of carbonyl (C=O) groups is 2. The van der Waals surface area contributed by atoms with Crippen LogP contribution in [0, 0.1) is 18.7 Å². The van der Waals surface area contributed by atoms with E-state index in [-0.39, 0.29) is 17.5 Å². The van der Waals surface area contributed by atoms with Gasteiger partial charge in [-0.25, -0.2) is 9.07 Å². The maximum atomic E-state index is 14.3. The van der Waals surface area contributed by atoms with E-state index in [1.807, 2.05) is 32.9 Å². The summed E-state index contributed by atoms with van der Waals surface area (Å²) in [4.78, 5) is 25.6. The molecule has 2 N–H and O–H groups in total. The van der Waals surface area contributed by atoms with E-state index in [4.69, 9.17) is 0 Å². The quantitative estimate of drug-likeness (QED) is 0.624. The summed E-state index contributed by atoms with van der Waals surface area (Å²) in [5.74, 6) is -1.32. The third kappa shape index (κ3) is 5.05. The van der Waals surface area contributed by atoms with Crippen LogP contribution < -0.4 is 10.6 Å². The van der Waals surface area contributed by atoms with Gasteiger partial charge in [0.2, 0.25) is 5.91 Å². The van der Waals surface area contributed by atoms with Crippen LogP contribution in [0.1, 0.15) is 36.2 Å². The number of aromatic nitrogens is 4. The van der Waals surface area contributed by atoms with Crippen molar-refractivity contribution >= 4 is 17.5 Å². The maximum absolute atomic E-state index is 14.3. The van der Waals surface area contributed by atoms with Crippen LogP contribution in [0.3, 0.4) is 0 Å². The molecule has 1 heterocycles. The molecule has 2 aromatic carbocycles. The molecule has 0 spiro atoms. The monoisotopic (exact) mass is 410 g/mol. The van der Waals surface area contributed by atoms with Gasteiger partial charge in [-0.1, -0.05) is 32.0 Å². The zero-order valence-corrected chi connectivity index (χ0v) is 17.0. The van der Waals surface area contributed by atoms with E-state index in [2.05, 4.69) is 26.2 Å². The Bertz CT molecular complexity index is 1040. The second kappa shape index (κ2) is 9.25. The number of rotatable bonds is 7. The molecule has 3 aromatic rings. The highest BCUT2D eigenvalue weighted by Gasteiger charge is 2.24. The van der Waals surface area contributed by atoms with Gasteiger partial charge in [-0.15, -0.1) is 5.10 Å². The summed E-state index contributed by atoms with van der Waals surface area (Å²) >= 11 is 0. The number of amides is 2. The number of benzene rings is 2. The van der Waals surface area contributed by atoms with Crippen LogP contribution in [-0.4, -0.2) is 38.1 Å². The van der Waals surface area contributed by atoms with Gasteiger partial charge in [-0.3, -0.25) is 9.59 Å². The van der Waals surface area contributed by atoms with Crippen molar-refractivity contribution < 1.29 is 14.0 Å². The third-order valence-electron chi connectivity index (χ3n) is 4.54. The van der Waals surface area contributed by atoms with Crippen LogP contribution in [0.15, 0.2) is 48.8 Å². The summed E-state index contributed by atoms with van der Waals surface area (Å²) in [7, 11) is 0. The molecule has 1 unspecified atom stereocenters. The lowest BCUT2D eigenvalue weighted by atomic mass is 10.0. The van der Waals surface area contributed by atoms with E-state index in [0.717, 1.165) is 5.56 Å². The lowest BCUT2D eigenvalue weighted by molar-refractivity contribution is -0.118. The Kier molecular flexibility index (Phi) is 6.51. The second-order valence-corrected chi connectivity index (χ2v) is 7.38. The molecule has 0 aliphatic heterocycles. The molecular formula is C21H23FN6O2. The summed E-state index contributed by atoms with van der Waals surface area (Å²) in [6.45, 7) is 5.71. The molecule has 0 aliphatic rings. The summed E-state index contributed by atoms with van der Waals surface area (Å²) in [6, 6.07) is 10.4. The highest BCUT2D eigenvalue weighted by Crippen LogP contribution is 2.19. The number of nitrogens with one attached hydrogen (secondary N) is 2. The van der Waals surface area contributed by atoms with Gasteiger partial charge in [0.05, 0.1) is 11.4 Å². The normalized spacial score (nSPS) is 11.9. The van der Waals surface area contributed by atoms with Crippen LogP contribution in [0.2, 0.25) is 0 Å². The number of nitrogens with zero attached hydrogens (tertiary/aromatic N) is 4. The molecule has 3 rings (SSSR count). The van der Waals surface area contributed by atoms with Gasteiger partial charge in [0.1, 0.15) is 18.2 Å². The van der Waals surface area contributed by atoms with E-state index in [1.165, 1.54) is 29.2 Å². The molecular weight excluding hydrogens is 387 g/mol. The van der Waals surface area contributed by atoms with Gasteiger partial charge in [0.25, 0.3) is 5.91 Å². The van der Waals surface area contributed by atoms with Crippen LogP contribution in [0.5, 0.6) is 0 Å². The van der Waals surface area contributed by atoms with Crippen molar-refractivity contribution in [3.8, 4) is 5.69 Å². The third-order valence-corrected chi connectivity index (χ3v) is 4.54. The number of aryl methyl sites for hydroxylation is 1. The zero-order valence-electron chi connectivity index (χ0n) is 17.0. The smallest absolute Gasteiger partial charge is 0.252 e. The highest BCUT2D eigenvalue weighted by molar-refractivity contribution is 6.01. The molecule has 0 radical (unpaired) electrons. The first-order valence-electron chi connectivity index (χ1n) is 9.55. The van der Waals surface area contributed by atoms with Crippen molar-refractivity contribution in [2.24, 2.45) is 5.92 Å². The predicted molar refractivity (Wildman–Crippen MR) is 110 cm³/mol. The van der Waals surface area contributed by atoms with E-state index >= 15 is 0 Å². The molecule has 0 saturated heterocycles. The number of anilines is 1. The fourth-order valence-corrected chi connectivity index (χ4v) is 3.02. The minimum atomic E-state index is -0.826. The summed E-state index contributed by atoms with van der Waals surface area (Å²) in [5.41, 5.74) is 1.76. The van der Waals surface area contributed by atoms with Crippen LogP contribution >= 0.6 is 0 Å². The lowest BCUT2D eigenvalue weighted by Gasteiger charge is -2.21. The molecule has 1 aromatic heterocycles. The lowest BCUT2D eigenvalue weighted by Crippen LogP contribution is -2.44. The van der Waals surface area contributed by atoms with Crippen LogP contribution in [-0.2, 0) is 4.79 Å². The molecule has 8 nitrogen and oxygen atoms in total. The minimum absolute atomic E-state index is 0.0214. The molecule has 0 bridgehead atoms. The SMILES string of the molecule is Cc1ccccc1C(=O)NC(CC(C)C)C(=O)Nc1cc(-n2cnnn2)ccc1F. The fourth-order valence-electron chi connectivity index (χ4n) is 3.02. The Labute approximate surface area is 173 Å². The molecule has 2 amide bonds. The standard InChI is InChI=1S/C21H23FN6O2/c1-13(2)10-19(25-20(29)16-7-5-4-6-14(16)3)21(30)24-18-11-15(8-9-17(18)22)28-12-23-26-27-28/h4-9,11-13,19H,10H2,1-3H3,(H,24,30)(H,25,29). The van der Waals surface area contributed by atoms with Crippen molar-refractivity contribution in [2.75, 3.05) is 5.32 Å². The van der Waals surface area contributed by atoms with Crippen molar-refractivity contribution in [3.63, 3.8) is 0 Å². The number of halogens is 1. The van der Waals surface area contributed by atoms with Crippen molar-refractivity contribution in [2.45, 2.75) is 33.2 Å². The van der Waals surface area contributed by atoms with Gasteiger partial charge < -0.3 is 10.6 Å². The number of hydrogen-bond donors (Lipinski definition) is 2. The van der Waals surface area contributed by atoms with E-state index < -0.39 is 17.8 Å². The number of carbonyl (C=O) groups excluding carboxylic acids is 2. The Balaban J connectivity index is 1.80. The van der Waals surface area contributed by atoms with Gasteiger partial charge in [0.15, 0.2) is 0 Å². The Hall–Kier alpha value is -3.62. The predicted octanol–water partition coefficient (Wildman–Crippen LogP) is 2.89. The Morgan fingerprint density at radius 1 is 1.17 bits per heavy atom. The largest absolute Gasteiger partial charge is 0.340 e. The molecule has 30 heavy (non-hydrogen) atoms. The maximum Gasteiger partial charge on any atom is 0.252 e. The molecule has 0 saturated carbocycles. The van der Waals surface area contributed by atoms with Gasteiger partial charge in [-0.2, -0.15) is 0 Å². The van der Waals surface area contributed by atoms with Crippen molar-refractivity contribution in [1.82, 2.24) is 25.5 Å². The first kappa shape index (κ1) is 21.1. The Morgan fingerprint density at radius 2 is 1.93 bits per heavy atom. The van der Waals surface area contributed by atoms with E-state index in [1.54, 1.807) is 12.1 Å². The average Bonchev–Trinajstić information content (AvgIpc) is 3.24. The first-order chi connectivity index (χ1) is 14.3. The summed E-state index contributed by atoms with van der Waals surface area (Å²) in [6.07, 6.45) is 1.76. The number of hydrogen-bond acceptors (Lipinski definition) is 5. The molecule has 0 aliphatic carbocycles. The minimum Gasteiger partial charge on any atom is -0.340 e. The van der Waals surface area contributed by atoms with Crippen LogP contribution in [0.4, 0.5) is 10.1 Å². The van der Waals surface area contributed by atoms with Gasteiger partial charge in [-0.05, 0) is 59.5 Å². The highest BCUT2D eigenvalue weighted by atomic mass is 19.1. The summed E-state index contributed by atoms with van der Waals surface area (Å²) in [5, 5.41) is 16.2. The molecule has 1 atom stereocenters. The van der Waals surface area contributed by atoms with E-state index in [0.29, 0.717) is 17.7 Å². The van der Waals surface area contributed by atoms with Gasteiger partial charge >= 0.3 is 0 Å². The summed E-state index contributed by atoms with van der Waals surface area (Å²) < 4.78 is 15.7. The topological polar surface area (TPSA) is 102 Å². The van der Waals surface area contributed by atoms with Crippen LogP contribution in [0.25, 0.3) is 5.69 Å². The zero-order chi connectivity index (χ0) is 21.7. The molecule has 0 fully saturated rings. The average molecular weight is 410 g/mol. The first-order valence-corrected chi connectivity index (χ1v) is 9.55. The Morgan fingerprint density at radius 3 is 2.60 bits per heavy atom. The molecule has 9 heteroatoms. The van der Waals surface area contributed by atoms with Gasteiger partial charge in [0, 0.05) is 5.56 Å². The number of tetrazole rings is 1. The van der Waals surface area contributed by atoms with E-state index in [9.17, 15) is 14.0 Å². The second-order valence-electron chi connectivity index (χ2n) is 7.38. The molecule has 156 valence electrons. The fraction of sp³-hybridized carbons (Fsp3) is 0.286. The van der Waals surface area contributed by atoms with Crippen molar-refractivity contribution in [3.05, 3.63) is 65.7 Å².